The molecule has 10 heteroatoms. The predicted molar refractivity (Wildman–Crippen MR) is 99.8 cm³/mol. The molecule has 0 fully saturated rings. The van der Waals surface area contributed by atoms with E-state index in [4.69, 9.17) is 9.68 Å². The highest BCUT2D eigenvalue weighted by atomic mass is 32.2. The number of benzene rings is 1. The lowest BCUT2D eigenvalue weighted by Gasteiger charge is -2.11. The number of rotatable bonds is 4. The Morgan fingerprint density at radius 1 is 1.41 bits per heavy atom. The fourth-order valence-corrected chi connectivity index (χ4v) is 3.34. The van der Waals surface area contributed by atoms with E-state index in [0.717, 1.165) is 5.76 Å². The number of nitrogens with one attached hydrogen (secondary N) is 2. The summed E-state index contributed by atoms with van der Waals surface area (Å²) in [5.41, 5.74) is 0.187. The number of nitriles is 1. The average Bonchev–Trinajstić information content (AvgIpc) is 3.17. The van der Waals surface area contributed by atoms with Gasteiger partial charge in [0.1, 0.15) is 23.6 Å². The first-order valence-electron chi connectivity index (χ1n) is 8.09. The minimum Gasteiger partial charge on any atom is -0.504 e. The number of para-hydroxylation sites is 1. The molecule has 3 N–H and O–H groups in total. The third kappa shape index (κ3) is 3.93. The fraction of sp³-hybridized carbons (Fsp3) is 0.235. The van der Waals surface area contributed by atoms with E-state index >= 15 is 0 Å². The maximum Gasteiger partial charge on any atom is 0.345 e. The maximum atomic E-state index is 11.9. The summed E-state index contributed by atoms with van der Waals surface area (Å²) in [7, 11) is -3.96. The summed E-state index contributed by atoms with van der Waals surface area (Å²) in [5, 5.41) is 21.8. The van der Waals surface area contributed by atoms with Crippen LogP contribution in [0.25, 0.3) is 0 Å². The Kier molecular flexibility index (Phi) is 4.87. The minimum atomic E-state index is -3.96. The molecule has 0 saturated heterocycles. The van der Waals surface area contributed by atoms with Crippen molar-refractivity contribution in [2.45, 2.75) is 26.3 Å². The molecule has 0 amide bonds. The van der Waals surface area contributed by atoms with Crippen molar-refractivity contribution in [2.75, 3.05) is 5.32 Å². The van der Waals surface area contributed by atoms with Crippen LogP contribution >= 0.6 is 0 Å². The van der Waals surface area contributed by atoms with Gasteiger partial charge in [0.2, 0.25) is 0 Å². The number of phenols is 1. The van der Waals surface area contributed by atoms with Gasteiger partial charge in [-0.25, -0.2) is 4.72 Å². The van der Waals surface area contributed by atoms with Crippen molar-refractivity contribution in [2.24, 2.45) is 9.39 Å². The van der Waals surface area contributed by atoms with Crippen LogP contribution in [-0.2, 0) is 10.2 Å². The number of aliphatic imine (C=N–C) groups is 1. The lowest BCUT2D eigenvalue weighted by molar-refractivity contribution is 0.442. The molecule has 1 aromatic carbocycles. The van der Waals surface area contributed by atoms with Gasteiger partial charge in [-0.05, 0) is 37.6 Å². The van der Waals surface area contributed by atoms with Crippen molar-refractivity contribution in [3.8, 4) is 11.8 Å². The third-order valence-corrected chi connectivity index (χ3v) is 4.71. The van der Waals surface area contributed by atoms with E-state index in [9.17, 15) is 13.5 Å². The Morgan fingerprint density at radius 2 is 2.19 bits per heavy atom. The predicted octanol–water partition coefficient (Wildman–Crippen LogP) is 2.37. The maximum absolute atomic E-state index is 11.9. The highest BCUT2D eigenvalue weighted by Gasteiger charge is 2.29. The van der Waals surface area contributed by atoms with Crippen LogP contribution in [0.3, 0.4) is 0 Å². The Morgan fingerprint density at radius 3 is 2.81 bits per heavy atom. The molecule has 0 spiro atoms. The lowest BCUT2D eigenvalue weighted by atomic mass is 10.2. The Bertz CT molecular complexity index is 1080. The van der Waals surface area contributed by atoms with Crippen molar-refractivity contribution in [3.05, 3.63) is 47.4 Å². The molecule has 0 bridgehead atoms. The topological polar surface area (TPSA) is 140 Å². The Labute approximate surface area is 156 Å². The number of anilines is 1. The van der Waals surface area contributed by atoms with Gasteiger partial charge in [-0.1, -0.05) is 13.0 Å². The lowest BCUT2D eigenvalue weighted by Crippen LogP contribution is -2.31. The highest BCUT2D eigenvalue weighted by molar-refractivity contribution is 7.89. The summed E-state index contributed by atoms with van der Waals surface area (Å²) < 4.78 is 35.2. The largest absolute Gasteiger partial charge is 0.504 e. The fourth-order valence-electron chi connectivity index (χ4n) is 2.53. The van der Waals surface area contributed by atoms with Gasteiger partial charge in [-0.2, -0.15) is 13.7 Å². The zero-order valence-corrected chi connectivity index (χ0v) is 15.4. The molecule has 0 saturated carbocycles. The molecule has 9 nitrogen and oxygen atoms in total. The zero-order valence-electron chi connectivity index (χ0n) is 14.6. The number of aryl methyl sites for hydroxylation is 1. The number of hydrogen-bond acceptors (Lipinski definition) is 7. The summed E-state index contributed by atoms with van der Waals surface area (Å²) in [6.07, 6.45) is 0.570. The molecule has 0 aliphatic carbocycles. The number of phenolic OH excluding ortho intramolecular Hbond substituents is 1. The van der Waals surface area contributed by atoms with Crippen LogP contribution in [0.15, 0.2) is 44.1 Å². The van der Waals surface area contributed by atoms with Crippen molar-refractivity contribution >= 4 is 27.6 Å². The summed E-state index contributed by atoms with van der Waals surface area (Å²) in [6.45, 7) is 3.70. The zero-order chi connectivity index (χ0) is 19.6. The second-order valence-electron chi connectivity index (χ2n) is 5.81. The molecule has 1 aromatic heterocycles. The van der Waals surface area contributed by atoms with E-state index in [1.807, 2.05) is 13.0 Å². The van der Waals surface area contributed by atoms with Crippen molar-refractivity contribution in [1.29, 1.82) is 5.26 Å². The number of amidine groups is 2. The van der Waals surface area contributed by atoms with Gasteiger partial charge in [-0.15, -0.1) is 4.40 Å². The van der Waals surface area contributed by atoms with E-state index in [-0.39, 0.29) is 28.7 Å². The summed E-state index contributed by atoms with van der Waals surface area (Å²) in [6, 6.07) is 9.50. The van der Waals surface area contributed by atoms with E-state index in [2.05, 4.69) is 19.4 Å². The first kappa shape index (κ1) is 18.5. The van der Waals surface area contributed by atoms with Crippen LogP contribution in [-0.4, -0.2) is 25.2 Å². The molecular formula is C17H17N5O4S. The van der Waals surface area contributed by atoms with Crippen molar-refractivity contribution < 1.29 is 17.9 Å². The standard InChI is InChI=1S/C17H17N5O4S/c1-3-12(14-8-7-10(2)26-14)19-16-17(22-27(24,25)21-16)20-13-6-4-5-11(9-18)15(13)23/h4-8,12,23H,3H2,1-2H3,(H,19,21)(H,20,22)/t12-/m1/s1. The van der Waals surface area contributed by atoms with E-state index in [0.29, 0.717) is 12.2 Å². The van der Waals surface area contributed by atoms with E-state index in [1.54, 1.807) is 25.1 Å². The molecule has 140 valence electrons. The van der Waals surface area contributed by atoms with Crippen LogP contribution in [0.4, 0.5) is 5.69 Å². The first-order chi connectivity index (χ1) is 12.8. The van der Waals surface area contributed by atoms with Crippen LogP contribution in [0, 0.1) is 18.3 Å². The molecule has 3 rings (SSSR count). The van der Waals surface area contributed by atoms with Gasteiger partial charge in [0.05, 0.1) is 11.3 Å². The molecule has 2 aromatic rings. The smallest absolute Gasteiger partial charge is 0.345 e. The highest BCUT2D eigenvalue weighted by Crippen LogP contribution is 2.28. The summed E-state index contributed by atoms with van der Waals surface area (Å²) in [5.74, 6) is 0.933. The number of furan rings is 1. The Balaban J connectivity index is 1.96. The van der Waals surface area contributed by atoms with Crippen LogP contribution in [0.5, 0.6) is 5.75 Å². The normalized spacial score (nSPS) is 17.8. The van der Waals surface area contributed by atoms with Crippen molar-refractivity contribution in [3.63, 3.8) is 0 Å². The SMILES string of the molecule is CC[C@@H](N=C1NS(=O)(=O)N=C1Nc1cccc(C#N)c1O)c1ccc(C)o1. The monoisotopic (exact) mass is 387 g/mol. The van der Waals surface area contributed by atoms with Crippen LogP contribution in [0.1, 0.15) is 36.5 Å². The summed E-state index contributed by atoms with van der Waals surface area (Å²) in [4.78, 5) is 4.42. The Hall–Kier alpha value is -3.32. The molecule has 27 heavy (non-hydrogen) atoms. The number of nitrogens with zero attached hydrogens (tertiary/aromatic N) is 3. The molecule has 1 aliphatic heterocycles. The quantitative estimate of drug-likeness (QED) is 0.688. The van der Waals surface area contributed by atoms with Gasteiger partial charge >= 0.3 is 10.2 Å². The molecule has 1 aliphatic rings. The number of hydrogen-bond donors (Lipinski definition) is 3. The molecule has 2 heterocycles. The molecule has 0 unspecified atom stereocenters. The van der Waals surface area contributed by atoms with Crippen LogP contribution in [0.2, 0.25) is 0 Å². The number of aromatic hydroxyl groups is 1. The van der Waals surface area contributed by atoms with Gasteiger partial charge in [0.15, 0.2) is 17.4 Å². The molecular weight excluding hydrogens is 370 g/mol. The first-order valence-corrected chi connectivity index (χ1v) is 9.53. The van der Waals surface area contributed by atoms with Gasteiger partial charge in [-0.3, -0.25) is 4.99 Å². The van der Waals surface area contributed by atoms with Gasteiger partial charge < -0.3 is 14.8 Å². The molecule has 1 atom stereocenters. The average molecular weight is 387 g/mol. The second kappa shape index (κ2) is 7.13. The third-order valence-electron chi connectivity index (χ3n) is 3.83. The van der Waals surface area contributed by atoms with Gasteiger partial charge in [0.25, 0.3) is 0 Å². The summed E-state index contributed by atoms with van der Waals surface area (Å²) >= 11 is 0. The minimum absolute atomic E-state index is 0.00216. The van der Waals surface area contributed by atoms with Gasteiger partial charge in [0, 0.05) is 0 Å². The van der Waals surface area contributed by atoms with Crippen molar-refractivity contribution in [1.82, 2.24) is 4.72 Å². The second-order valence-corrected chi connectivity index (χ2v) is 7.14. The van der Waals surface area contributed by atoms with E-state index in [1.165, 1.54) is 12.1 Å². The molecule has 0 radical (unpaired) electrons. The van der Waals surface area contributed by atoms with E-state index < -0.39 is 16.3 Å². The van der Waals surface area contributed by atoms with Crippen LogP contribution < -0.4 is 10.0 Å².